The average Bonchev–Trinajstić information content (AvgIpc) is 1.90. The molecule has 0 aliphatic rings. The quantitative estimate of drug-likeness (QED) is 0.531. The molecule has 0 bridgehead atoms. The van der Waals surface area contributed by atoms with Gasteiger partial charge >= 0.3 is 0 Å². The van der Waals surface area contributed by atoms with Gasteiger partial charge in [0.1, 0.15) is 6.67 Å². The summed E-state index contributed by atoms with van der Waals surface area (Å²) in [5, 5.41) is 0. The summed E-state index contributed by atoms with van der Waals surface area (Å²) in [4.78, 5) is 3.60. The molecule has 0 aliphatic heterocycles. The van der Waals surface area contributed by atoms with Crippen LogP contribution in [0.4, 0.5) is 4.39 Å². The highest BCUT2D eigenvalue weighted by Crippen LogP contribution is 1.92. The van der Waals surface area contributed by atoms with Crippen molar-refractivity contribution in [3.63, 3.8) is 0 Å². The van der Waals surface area contributed by atoms with Crippen LogP contribution in [0.1, 0.15) is 5.69 Å². The van der Waals surface area contributed by atoms with Gasteiger partial charge in [0.05, 0.1) is 11.9 Å². The van der Waals surface area contributed by atoms with E-state index in [9.17, 15) is 4.39 Å². The minimum absolute atomic E-state index is 0.438. The largest absolute Gasteiger partial charge is 0.248 e. The fourth-order valence-electron chi connectivity index (χ4n) is 0.434. The average molecular weight is 110 g/mol. The Labute approximate surface area is 47.2 Å². The smallest absolute Gasteiger partial charge is 0.131 e. The molecule has 0 N–H and O–H groups in total. The van der Waals surface area contributed by atoms with Crippen molar-refractivity contribution in [2.75, 3.05) is 0 Å². The third-order valence-electron chi connectivity index (χ3n) is 0.804. The zero-order valence-electron chi connectivity index (χ0n) is 4.26. The lowest BCUT2D eigenvalue weighted by atomic mass is 10.4. The van der Waals surface area contributed by atoms with E-state index in [4.69, 9.17) is 0 Å². The minimum atomic E-state index is -0.503. The first-order valence-corrected chi connectivity index (χ1v) is 2.31. The van der Waals surface area contributed by atoms with Gasteiger partial charge in [-0.05, 0) is 12.1 Å². The third kappa shape index (κ3) is 1.03. The summed E-state index contributed by atoms with van der Waals surface area (Å²) < 4.78 is 11.6. The van der Waals surface area contributed by atoms with E-state index in [2.05, 4.69) is 11.2 Å². The van der Waals surface area contributed by atoms with Crippen LogP contribution < -0.4 is 0 Å². The summed E-state index contributed by atoms with van der Waals surface area (Å²) in [5.41, 5.74) is 0.438. The Kier molecular flexibility index (Phi) is 1.57. The van der Waals surface area contributed by atoms with Crippen molar-refractivity contribution < 1.29 is 4.39 Å². The van der Waals surface area contributed by atoms with Crippen molar-refractivity contribution in [3.05, 3.63) is 30.1 Å². The normalized spacial score (nSPS) is 9.12. The van der Waals surface area contributed by atoms with Gasteiger partial charge in [0.25, 0.3) is 0 Å². The first-order valence-electron chi connectivity index (χ1n) is 2.31. The maximum atomic E-state index is 11.6. The predicted octanol–water partition coefficient (Wildman–Crippen LogP) is 1.35. The topological polar surface area (TPSA) is 12.9 Å². The highest BCUT2D eigenvalue weighted by Gasteiger charge is 1.85. The highest BCUT2D eigenvalue weighted by molar-refractivity contribution is 5.00. The molecule has 1 aromatic rings. The van der Waals surface area contributed by atoms with Crippen molar-refractivity contribution in [3.8, 4) is 0 Å². The standard InChI is InChI=1S/C6H5FN/c7-5-6-3-1-2-4-8-6/h1-3H,5H2. The molecule has 1 heterocycles. The van der Waals surface area contributed by atoms with Gasteiger partial charge in [-0.25, -0.2) is 9.37 Å². The molecule has 0 spiro atoms. The Hall–Kier alpha value is -0.920. The van der Waals surface area contributed by atoms with E-state index < -0.39 is 6.67 Å². The zero-order valence-corrected chi connectivity index (χ0v) is 4.26. The fourth-order valence-corrected chi connectivity index (χ4v) is 0.434. The molecule has 1 nitrogen and oxygen atoms in total. The first kappa shape index (κ1) is 5.22. The lowest BCUT2D eigenvalue weighted by Crippen LogP contribution is -1.80. The van der Waals surface area contributed by atoms with Gasteiger partial charge in [-0.3, -0.25) is 0 Å². The molecule has 0 saturated heterocycles. The van der Waals surface area contributed by atoms with E-state index in [1.165, 1.54) is 0 Å². The van der Waals surface area contributed by atoms with E-state index in [1.54, 1.807) is 18.2 Å². The summed E-state index contributed by atoms with van der Waals surface area (Å²) in [6.07, 6.45) is 2.52. The summed E-state index contributed by atoms with van der Waals surface area (Å²) in [7, 11) is 0. The van der Waals surface area contributed by atoms with Crippen LogP contribution in [-0.4, -0.2) is 4.98 Å². The van der Waals surface area contributed by atoms with Gasteiger partial charge in [-0.1, -0.05) is 6.07 Å². The number of halogens is 1. The maximum Gasteiger partial charge on any atom is 0.131 e. The number of pyridine rings is 1. The lowest BCUT2D eigenvalue weighted by molar-refractivity contribution is 0.476. The molecule has 2 heteroatoms. The molecule has 0 fully saturated rings. The maximum absolute atomic E-state index is 11.6. The molecule has 8 heavy (non-hydrogen) atoms. The molecular weight excluding hydrogens is 105 g/mol. The third-order valence-corrected chi connectivity index (χ3v) is 0.804. The number of hydrogen-bond donors (Lipinski definition) is 0. The Morgan fingerprint density at radius 3 is 3.00 bits per heavy atom. The summed E-state index contributed by atoms with van der Waals surface area (Å²) >= 11 is 0. The zero-order chi connectivity index (χ0) is 5.82. The number of hydrogen-bond acceptors (Lipinski definition) is 1. The molecule has 0 unspecified atom stereocenters. The second-order valence-electron chi connectivity index (χ2n) is 1.39. The second kappa shape index (κ2) is 2.40. The van der Waals surface area contributed by atoms with Crippen molar-refractivity contribution in [1.29, 1.82) is 0 Å². The van der Waals surface area contributed by atoms with E-state index >= 15 is 0 Å². The van der Waals surface area contributed by atoms with Crippen LogP contribution in [0.5, 0.6) is 0 Å². The Bertz CT molecular complexity index is 150. The van der Waals surface area contributed by atoms with Crippen LogP contribution in [-0.2, 0) is 6.67 Å². The van der Waals surface area contributed by atoms with Crippen LogP contribution in [0, 0.1) is 6.20 Å². The molecule has 0 aromatic carbocycles. The van der Waals surface area contributed by atoms with Crippen LogP contribution in [0.25, 0.3) is 0 Å². The van der Waals surface area contributed by atoms with Crippen LogP contribution >= 0.6 is 0 Å². The van der Waals surface area contributed by atoms with Crippen molar-refractivity contribution in [1.82, 2.24) is 4.98 Å². The Balaban J connectivity index is 2.83. The summed E-state index contributed by atoms with van der Waals surface area (Å²) in [5.74, 6) is 0. The molecule has 1 rings (SSSR count). The van der Waals surface area contributed by atoms with Crippen molar-refractivity contribution >= 4 is 0 Å². The van der Waals surface area contributed by atoms with Gasteiger partial charge in [0.2, 0.25) is 0 Å². The van der Waals surface area contributed by atoms with Gasteiger partial charge < -0.3 is 0 Å². The molecule has 0 aliphatic carbocycles. The molecule has 1 radical (unpaired) electrons. The lowest BCUT2D eigenvalue weighted by Gasteiger charge is -1.85. The van der Waals surface area contributed by atoms with Crippen LogP contribution in [0.15, 0.2) is 18.2 Å². The Morgan fingerprint density at radius 1 is 1.75 bits per heavy atom. The molecule has 0 amide bonds. The van der Waals surface area contributed by atoms with Gasteiger partial charge in [-0.2, -0.15) is 0 Å². The number of aromatic nitrogens is 1. The number of nitrogens with zero attached hydrogens (tertiary/aromatic N) is 1. The molecule has 0 atom stereocenters. The monoisotopic (exact) mass is 110 g/mol. The molecule has 1 aromatic heterocycles. The first-order chi connectivity index (χ1) is 3.93. The van der Waals surface area contributed by atoms with E-state index in [0.29, 0.717) is 5.69 Å². The highest BCUT2D eigenvalue weighted by atomic mass is 19.1. The van der Waals surface area contributed by atoms with Crippen molar-refractivity contribution in [2.45, 2.75) is 6.67 Å². The second-order valence-corrected chi connectivity index (χ2v) is 1.39. The fraction of sp³-hybridized carbons (Fsp3) is 0.167. The van der Waals surface area contributed by atoms with Gasteiger partial charge in [-0.15, -0.1) is 0 Å². The van der Waals surface area contributed by atoms with Gasteiger partial charge in [0.15, 0.2) is 0 Å². The summed E-state index contributed by atoms with van der Waals surface area (Å²) in [6.45, 7) is -0.503. The summed E-state index contributed by atoms with van der Waals surface area (Å²) in [6, 6.07) is 4.97. The molecular formula is C6H5FN. The van der Waals surface area contributed by atoms with Gasteiger partial charge in [0, 0.05) is 0 Å². The predicted molar refractivity (Wildman–Crippen MR) is 27.9 cm³/mol. The SMILES string of the molecule is FCc1ccc[c]n1. The van der Waals surface area contributed by atoms with E-state index in [1.807, 2.05) is 0 Å². The van der Waals surface area contributed by atoms with E-state index in [-0.39, 0.29) is 0 Å². The van der Waals surface area contributed by atoms with Crippen LogP contribution in [0.2, 0.25) is 0 Å². The number of alkyl halides is 1. The van der Waals surface area contributed by atoms with E-state index in [0.717, 1.165) is 0 Å². The molecule has 41 valence electrons. The van der Waals surface area contributed by atoms with Crippen LogP contribution in [0.3, 0.4) is 0 Å². The minimum Gasteiger partial charge on any atom is -0.248 e. The molecule has 0 saturated carbocycles. The van der Waals surface area contributed by atoms with Crippen molar-refractivity contribution in [2.24, 2.45) is 0 Å². The Morgan fingerprint density at radius 2 is 2.62 bits per heavy atom. The number of rotatable bonds is 1.